The molecule has 0 aliphatic heterocycles. The van der Waals surface area contributed by atoms with E-state index in [9.17, 15) is 0 Å². The monoisotopic (exact) mass is 564 g/mol. The zero-order chi connectivity index (χ0) is 23.1. The quantitative estimate of drug-likeness (QED) is 0.158. The molecule has 0 saturated heterocycles. The minimum Gasteiger partial charge on any atom is -0.241 e. The maximum Gasteiger partial charge on any atom is 0.106 e. The molecule has 0 atom stereocenters. The highest BCUT2D eigenvalue weighted by Gasteiger charge is 2.19. The van der Waals surface area contributed by atoms with E-state index < -0.39 is 0 Å². The molecule has 0 unspecified atom stereocenters. The zero-order valence-corrected chi connectivity index (χ0v) is 21.2. The molecule has 34 heavy (non-hydrogen) atoms. The van der Waals surface area contributed by atoms with Crippen molar-refractivity contribution in [3.63, 3.8) is 0 Å². The lowest BCUT2D eigenvalue weighted by Crippen LogP contribution is -1.94. The molecule has 4 aromatic carbocycles. The maximum absolute atomic E-state index is 4.86. The smallest absolute Gasteiger partial charge is 0.106 e. The number of hydrogen-bond acceptors (Lipinski definition) is 2. The van der Waals surface area contributed by atoms with Gasteiger partial charge in [-0.25, -0.2) is 9.97 Å². The van der Waals surface area contributed by atoms with Crippen molar-refractivity contribution in [2.45, 2.75) is 0 Å². The topological polar surface area (TPSA) is 25.8 Å². The summed E-state index contributed by atoms with van der Waals surface area (Å²) >= 11 is 7.13. The summed E-state index contributed by atoms with van der Waals surface area (Å²) < 4.78 is 1.64. The molecule has 0 spiro atoms. The number of rotatable bonds is 3. The largest absolute Gasteiger partial charge is 0.241 e. The van der Waals surface area contributed by atoms with Crippen LogP contribution in [0.4, 0.5) is 0 Å². The molecule has 0 aliphatic rings. The van der Waals surface area contributed by atoms with Gasteiger partial charge in [0.25, 0.3) is 0 Å². The molecule has 0 fully saturated rings. The summed E-state index contributed by atoms with van der Waals surface area (Å²) in [6.07, 6.45) is 0. The molecular formula is C30H18Br2N2. The van der Waals surface area contributed by atoms with Crippen LogP contribution in [0.25, 0.3) is 55.2 Å². The Hall–Kier alpha value is -3.34. The zero-order valence-electron chi connectivity index (χ0n) is 18.0. The van der Waals surface area contributed by atoms with Crippen molar-refractivity contribution in [2.24, 2.45) is 0 Å². The Labute approximate surface area is 214 Å². The van der Waals surface area contributed by atoms with Crippen molar-refractivity contribution >= 4 is 53.4 Å². The summed E-state index contributed by atoms with van der Waals surface area (Å²) in [5, 5.41) is 4.62. The van der Waals surface area contributed by atoms with E-state index in [-0.39, 0.29) is 0 Å². The second kappa shape index (κ2) is 8.79. The molecule has 2 aromatic heterocycles. The van der Waals surface area contributed by atoms with Gasteiger partial charge in [0.15, 0.2) is 0 Å². The van der Waals surface area contributed by atoms with Gasteiger partial charge < -0.3 is 0 Å². The summed E-state index contributed by atoms with van der Waals surface area (Å²) in [5.41, 5.74) is 6.50. The standard InChI is InChI=1S/C30H18Br2N2/c31-27-14-6-12-25(33-27)29-21-10-4-5-11-22(21)30(26-13-7-15-28(32)34-26)24-18-20(16-17-23(24)29)19-8-2-1-3-9-19/h1-18H. The van der Waals surface area contributed by atoms with Crippen molar-refractivity contribution in [3.05, 3.63) is 118 Å². The lowest BCUT2D eigenvalue weighted by Gasteiger charge is -2.18. The van der Waals surface area contributed by atoms with Crippen LogP contribution in [0.2, 0.25) is 0 Å². The van der Waals surface area contributed by atoms with Gasteiger partial charge in [-0.1, -0.05) is 78.9 Å². The van der Waals surface area contributed by atoms with Gasteiger partial charge in [-0.3, -0.25) is 0 Å². The van der Waals surface area contributed by atoms with E-state index in [1.165, 1.54) is 11.1 Å². The second-order valence-corrected chi connectivity index (χ2v) is 9.74. The Morgan fingerprint density at radius 2 is 0.941 bits per heavy atom. The Kier molecular flexibility index (Phi) is 5.48. The first-order chi connectivity index (χ1) is 16.7. The minimum absolute atomic E-state index is 0.819. The number of halogens is 2. The highest BCUT2D eigenvalue weighted by Crippen LogP contribution is 2.44. The first-order valence-corrected chi connectivity index (χ1v) is 12.6. The molecule has 2 heterocycles. The van der Waals surface area contributed by atoms with Crippen molar-refractivity contribution in [3.8, 4) is 33.6 Å². The molecule has 0 amide bonds. The van der Waals surface area contributed by atoms with Gasteiger partial charge >= 0.3 is 0 Å². The van der Waals surface area contributed by atoms with Crippen LogP contribution in [-0.4, -0.2) is 9.97 Å². The molecule has 6 rings (SSSR count). The molecule has 162 valence electrons. The first kappa shape index (κ1) is 21.2. The third kappa shape index (κ3) is 3.73. The van der Waals surface area contributed by atoms with Crippen LogP contribution in [0.1, 0.15) is 0 Å². The van der Waals surface area contributed by atoms with Gasteiger partial charge in [0.2, 0.25) is 0 Å². The predicted octanol–water partition coefficient (Wildman–Crippen LogP) is 9.31. The van der Waals surface area contributed by atoms with Gasteiger partial charge in [-0.2, -0.15) is 0 Å². The van der Waals surface area contributed by atoms with E-state index >= 15 is 0 Å². The van der Waals surface area contributed by atoms with E-state index in [2.05, 4.69) is 111 Å². The predicted molar refractivity (Wildman–Crippen MR) is 149 cm³/mol. The van der Waals surface area contributed by atoms with Crippen LogP contribution in [0.5, 0.6) is 0 Å². The fraction of sp³-hybridized carbons (Fsp3) is 0. The number of fused-ring (bicyclic) bond motifs is 2. The molecule has 6 aromatic rings. The SMILES string of the molecule is Brc1cccc(-c2c3ccccc3c(-c3cccc(Br)n3)c3cc(-c4ccccc4)ccc23)n1. The van der Waals surface area contributed by atoms with Gasteiger partial charge in [0.1, 0.15) is 9.21 Å². The third-order valence-electron chi connectivity index (χ3n) is 6.07. The Bertz CT molecular complexity index is 1680. The Morgan fingerprint density at radius 3 is 1.53 bits per heavy atom. The van der Waals surface area contributed by atoms with Crippen LogP contribution < -0.4 is 0 Å². The van der Waals surface area contributed by atoms with Crippen molar-refractivity contribution in [2.75, 3.05) is 0 Å². The van der Waals surface area contributed by atoms with Crippen LogP contribution in [0, 0.1) is 0 Å². The second-order valence-electron chi connectivity index (χ2n) is 8.11. The van der Waals surface area contributed by atoms with Crippen LogP contribution in [-0.2, 0) is 0 Å². The van der Waals surface area contributed by atoms with E-state index in [0.717, 1.165) is 53.3 Å². The highest BCUT2D eigenvalue weighted by molar-refractivity contribution is 9.10. The third-order valence-corrected chi connectivity index (χ3v) is 6.96. The molecule has 0 saturated carbocycles. The summed E-state index contributed by atoms with van der Waals surface area (Å²) in [7, 11) is 0. The van der Waals surface area contributed by atoms with E-state index in [1.54, 1.807) is 0 Å². The van der Waals surface area contributed by atoms with E-state index in [4.69, 9.17) is 9.97 Å². The highest BCUT2D eigenvalue weighted by atomic mass is 79.9. The summed E-state index contributed by atoms with van der Waals surface area (Å²) in [6, 6.07) is 37.9. The molecule has 0 N–H and O–H groups in total. The summed E-state index contributed by atoms with van der Waals surface area (Å²) in [6.45, 7) is 0. The van der Waals surface area contributed by atoms with Gasteiger partial charge in [-0.05, 0) is 94.9 Å². The van der Waals surface area contributed by atoms with Gasteiger partial charge in [0.05, 0.1) is 11.4 Å². The molecular weight excluding hydrogens is 548 g/mol. The average molecular weight is 566 g/mol. The number of nitrogens with zero attached hydrogens (tertiary/aromatic N) is 2. The molecule has 0 radical (unpaired) electrons. The summed E-state index contributed by atoms with van der Waals surface area (Å²) in [4.78, 5) is 9.69. The van der Waals surface area contributed by atoms with Gasteiger partial charge in [0, 0.05) is 11.1 Å². The van der Waals surface area contributed by atoms with E-state index in [1.807, 2.05) is 30.3 Å². The van der Waals surface area contributed by atoms with Gasteiger partial charge in [-0.15, -0.1) is 0 Å². The van der Waals surface area contributed by atoms with Crippen LogP contribution >= 0.6 is 31.9 Å². The molecule has 0 aliphatic carbocycles. The number of aromatic nitrogens is 2. The van der Waals surface area contributed by atoms with Crippen molar-refractivity contribution in [1.29, 1.82) is 0 Å². The lowest BCUT2D eigenvalue weighted by atomic mass is 9.87. The lowest BCUT2D eigenvalue weighted by molar-refractivity contribution is 1.28. The fourth-order valence-electron chi connectivity index (χ4n) is 4.64. The molecule has 2 nitrogen and oxygen atoms in total. The summed E-state index contributed by atoms with van der Waals surface area (Å²) in [5.74, 6) is 0. The Balaban J connectivity index is 1.80. The van der Waals surface area contributed by atoms with E-state index in [0.29, 0.717) is 0 Å². The van der Waals surface area contributed by atoms with Crippen LogP contribution in [0.15, 0.2) is 118 Å². The number of hydrogen-bond donors (Lipinski definition) is 0. The fourth-order valence-corrected chi connectivity index (χ4v) is 5.32. The van der Waals surface area contributed by atoms with Crippen molar-refractivity contribution < 1.29 is 0 Å². The molecule has 4 heteroatoms. The van der Waals surface area contributed by atoms with Crippen LogP contribution in [0.3, 0.4) is 0 Å². The Morgan fingerprint density at radius 1 is 0.412 bits per heavy atom. The average Bonchev–Trinajstić information content (AvgIpc) is 2.87. The normalized spacial score (nSPS) is 11.2. The van der Waals surface area contributed by atoms with Crippen molar-refractivity contribution in [1.82, 2.24) is 9.97 Å². The minimum atomic E-state index is 0.819. The maximum atomic E-state index is 4.86. The number of benzene rings is 4. The molecule has 0 bridgehead atoms. The first-order valence-electron chi connectivity index (χ1n) is 11.0. The number of pyridine rings is 2.